The highest BCUT2D eigenvalue weighted by atomic mass is 16.4. The number of aliphatic hydroxyl groups is 1. The van der Waals surface area contributed by atoms with Crippen LogP contribution >= 0.6 is 0 Å². The number of rotatable bonds is 4. The van der Waals surface area contributed by atoms with Gasteiger partial charge in [-0.25, -0.2) is 0 Å². The molecule has 0 amide bonds. The van der Waals surface area contributed by atoms with E-state index in [2.05, 4.69) is 0 Å². The van der Waals surface area contributed by atoms with Gasteiger partial charge in [0.05, 0.1) is 6.10 Å². The Morgan fingerprint density at radius 1 is 1.71 bits per heavy atom. The van der Waals surface area contributed by atoms with Gasteiger partial charge in [0.15, 0.2) is 0 Å². The zero-order valence-corrected chi connectivity index (χ0v) is 8.44. The molecule has 1 saturated heterocycles. The molecule has 0 bridgehead atoms. The molecule has 5 nitrogen and oxygen atoms in total. The Hall–Kier alpha value is -0.650. The third-order valence-corrected chi connectivity index (χ3v) is 2.75. The van der Waals surface area contributed by atoms with Crippen LogP contribution in [0.1, 0.15) is 19.8 Å². The zero-order valence-electron chi connectivity index (χ0n) is 8.44. The Bertz CT molecular complexity index is 222. The van der Waals surface area contributed by atoms with Gasteiger partial charge < -0.3 is 15.9 Å². The average molecular weight is 202 g/mol. The number of likely N-dealkylation sites (tertiary alicyclic amines) is 1. The van der Waals surface area contributed by atoms with Gasteiger partial charge in [-0.3, -0.25) is 9.69 Å². The van der Waals surface area contributed by atoms with Crippen molar-refractivity contribution in [2.75, 3.05) is 19.6 Å². The topological polar surface area (TPSA) is 86.8 Å². The number of β-amino-alcohol motifs (C(OH)–C–C–N with tert-alkyl or cyclic N) is 1. The molecule has 0 aromatic heterocycles. The number of nitrogens with zero attached hydrogens (tertiary/aromatic N) is 1. The number of carboxylic acids is 1. The summed E-state index contributed by atoms with van der Waals surface area (Å²) in [5.74, 6) is -0.953. The number of nitrogens with two attached hydrogens (primary N) is 1. The molecule has 1 rings (SSSR count). The predicted molar refractivity (Wildman–Crippen MR) is 51.9 cm³/mol. The highest BCUT2D eigenvalue weighted by Gasteiger charge is 2.41. The van der Waals surface area contributed by atoms with Crippen molar-refractivity contribution in [3.63, 3.8) is 0 Å². The number of carboxylic acid groups (broad SMARTS) is 1. The van der Waals surface area contributed by atoms with E-state index >= 15 is 0 Å². The van der Waals surface area contributed by atoms with Crippen LogP contribution in [0.25, 0.3) is 0 Å². The van der Waals surface area contributed by atoms with Crippen molar-refractivity contribution < 1.29 is 15.0 Å². The fraction of sp³-hybridized carbons (Fsp3) is 0.889. The summed E-state index contributed by atoms with van der Waals surface area (Å²) in [6.07, 6.45) is 0.756. The lowest BCUT2D eigenvalue weighted by Crippen LogP contribution is -2.50. The van der Waals surface area contributed by atoms with Gasteiger partial charge in [0.1, 0.15) is 5.54 Å². The van der Waals surface area contributed by atoms with E-state index in [1.54, 1.807) is 0 Å². The van der Waals surface area contributed by atoms with Gasteiger partial charge in [-0.1, -0.05) is 6.92 Å². The summed E-state index contributed by atoms with van der Waals surface area (Å²) in [5, 5.41) is 18.3. The molecule has 0 aromatic rings. The van der Waals surface area contributed by atoms with E-state index in [0.717, 1.165) is 0 Å². The van der Waals surface area contributed by atoms with E-state index in [-0.39, 0.29) is 6.10 Å². The lowest BCUT2D eigenvalue weighted by molar-refractivity contribution is -0.142. The van der Waals surface area contributed by atoms with E-state index in [4.69, 9.17) is 10.8 Å². The number of aliphatic carboxylic acids is 1. The molecule has 1 fully saturated rings. The van der Waals surface area contributed by atoms with Gasteiger partial charge in [0.2, 0.25) is 0 Å². The number of aliphatic hydroxyl groups excluding tert-OH is 1. The Labute approximate surface area is 83.5 Å². The maximum atomic E-state index is 10.8. The van der Waals surface area contributed by atoms with E-state index < -0.39 is 11.5 Å². The third-order valence-electron chi connectivity index (χ3n) is 2.75. The molecule has 2 atom stereocenters. The summed E-state index contributed by atoms with van der Waals surface area (Å²) in [6, 6.07) is 0. The van der Waals surface area contributed by atoms with Crippen LogP contribution < -0.4 is 5.73 Å². The molecule has 14 heavy (non-hydrogen) atoms. The molecular formula is C9H18N2O3. The SMILES string of the molecule is CCC(O)CN1CCC(N)(C(=O)O)C1. The maximum absolute atomic E-state index is 10.8. The molecule has 2 unspecified atom stereocenters. The molecule has 0 aliphatic carbocycles. The first-order valence-corrected chi connectivity index (χ1v) is 4.90. The standard InChI is InChI=1S/C9H18N2O3/c1-2-7(12)5-11-4-3-9(10,6-11)8(13)14/h7,12H,2-6,10H2,1H3,(H,13,14). The van der Waals surface area contributed by atoms with Crippen LogP contribution in [0, 0.1) is 0 Å². The van der Waals surface area contributed by atoms with E-state index in [1.165, 1.54) is 0 Å². The van der Waals surface area contributed by atoms with E-state index in [1.807, 2.05) is 11.8 Å². The van der Waals surface area contributed by atoms with Gasteiger partial charge in [-0.05, 0) is 12.8 Å². The molecule has 0 spiro atoms. The molecule has 1 aliphatic heterocycles. The number of hydrogen-bond acceptors (Lipinski definition) is 4. The highest BCUT2D eigenvalue weighted by molar-refractivity contribution is 5.79. The van der Waals surface area contributed by atoms with Crippen LogP contribution in [0.5, 0.6) is 0 Å². The normalized spacial score (nSPS) is 30.5. The summed E-state index contributed by atoms with van der Waals surface area (Å²) < 4.78 is 0. The van der Waals surface area contributed by atoms with Crippen molar-refractivity contribution in [2.24, 2.45) is 5.73 Å². The van der Waals surface area contributed by atoms with Crippen molar-refractivity contribution in [3.8, 4) is 0 Å². The maximum Gasteiger partial charge on any atom is 0.325 e. The zero-order chi connectivity index (χ0) is 10.8. The molecule has 1 heterocycles. The van der Waals surface area contributed by atoms with Crippen molar-refractivity contribution in [3.05, 3.63) is 0 Å². The minimum atomic E-state index is -1.12. The van der Waals surface area contributed by atoms with Gasteiger partial charge in [-0.2, -0.15) is 0 Å². The van der Waals surface area contributed by atoms with Crippen molar-refractivity contribution >= 4 is 5.97 Å². The van der Waals surface area contributed by atoms with Gasteiger partial charge >= 0.3 is 5.97 Å². The lowest BCUT2D eigenvalue weighted by atomic mass is 10.0. The van der Waals surface area contributed by atoms with Gasteiger partial charge in [-0.15, -0.1) is 0 Å². The summed E-state index contributed by atoms with van der Waals surface area (Å²) in [4.78, 5) is 12.7. The molecule has 82 valence electrons. The van der Waals surface area contributed by atoms with Gasteiger partial charge in [0.25, 0.3) is 0 Å². The lowest BCUT2D eigenvalue weighted by Gasteiger charge is -2.21. The van der Waals surface area contributed by atoms with Crippen LogP contribution in [0.15, 0.2) is 0 Å². The molecular weight excluding hydrogens is 184 g/mol. The molecule has 0 saturated carbocycles. The van der Waals surface area contributed by atoms with Gasteiger partial charge in [0, 0.05) is 19.6 Å². The van der Waals surface area contributed by atoms with E-state index in [0.29, 0.717) is 32.5 Å². The molecule has 0 radical (unpaired) electrons. The Kier molecular flexibility index (Phi) is 3.47. The molecule has 0 aromatic carbocycles. The minimum Gasteiger partial charge on any atom is -0.480 e. The first-order valence-electron chi connectivity index (χ1n) is 4.90. The van der Waals surface area contributed by atoms with Crippen LogP contribution in [0.4, 0.5) is 0 Å². The molecule has 1 aliphatic rings. The monoisotopic (exact) mass is 202 g/mol. The summed E-state index contributed by atoms with van der Waals surface area (Å²) >= 11 is 0. The van der Waals surface area contributed by atoms with Crippen LogP contribution in [0.2, 0.25) is 0 Å². The minimum absolute atomic E-state index is 0.333. The average Bonchev–Trinajstić information content (AvgIpc) is 2.49. The van der Waals surface area contributed by atoms with Crippen LogP contribution in [0.3, 0.4) is 0 Å². The predicted octanol–water partition coefficient (Wildman–Crippen LogP) is -0.755. The highest BCUT2D eigenvalue weighted by Crippen LogP contribution is 2.19. The molecule has 5 heteroatoms. The largest absolute Gasteiger partial charge is 0.480 e. The van der Waals surface area contributed by atoms with Crippen molar-refractivity contribution in [1.82, 2.24) is 4.90 Å². The first kappa shape index (κ1) is 11.4. The third kappa shape index (κ3) is 2.43. The summed E-state index contributed by atoms with van der Waals surface area (Å²) in [7, 11) is 0. The fourth-order valence-electron chi connectivity index (χ4n) is 1.67. The Morgan fingerprint density at radius 2 is 2.36 bits per heavy atom. The quantitative estimate of drug-likeness (QED) is 0.558. The van der Waals surface area contributed by atoms with E-state index in [9.17, 15) is 9.90 Å². The Morgan fingerprint density at radius 3 is 2.79 bits per heavy atom. The fourth-order valence-corrected chi connectivity index (χ4v) is 1.67. The molecule has 4 N–H and O–H groups in total. The second-order valence-corrected chi connectivity index (χ2v) is 4.01. The van der Waals surface area contributed by atoms with Crippen molar-refractivity contribution in [1.29, 1.82) is 0 Å². The summed E-state index contributed by atoms with van der Waals surface area (Å²) in [6.45, 7) is 3.40. The van der Waals surface area contributed by atoms with Crippen LogP contribution in [-0.2, 0) is 4.79 Å². The van der Waals surface area contributed by atoms with Crippen LogP contribution in [-0.4, -0.2) is 52.4 Å². The second-order valence-electron chi connectivity index (χ2n) is 4.01. The smallest absolute Gasteiger partial charge is 0.325 e. The number of carbonyl (C=O) groups is 1. The Balaban J connectivity index is 2.45. The summed E-state index contributed by atoms with van der Waals surface area (Å²) in [5.41, 5.74) is 4.57. The first-order chi connectivity index (χ1) is 6.48. The number of hydrogen-bond donors (Lipinski definition) is 3. The second kappa shape index (κ2) is 4.25. The van der Waals surface area contributed by atoms with Crippen molar-refractivity contribution in [2.45, 2.75) is 31.4 Å².